The fourth-order valence-electron chi connectivity index (χ4n) is 4.28. The number of carbonyl (C=O) groups is 2. The summed E-state index contributed by atoms with van der Waals surface area (Å²) in [7, 11) is 3.23. The molecule has 0 saturated carbocycles. The lowest BCUT2D eigenvalue weighted by Gasteiger charge is -2.28. The number of likely N-dealkylation sites (N-methyl/N-ethyl adjacent to an activating group) is 1. The van der Waals surface area contributed by atoms with Crippen LogP contribution >= 0.6 is 11.8 Å². The summed E-state index contributed by atoms with van der Waals surface area (Å²) < 4.78 is 16.8. The number of carbonyl (C=O) groups excluding carboxylic acids is 2. The summed E-state index contributed by atoms with van der Waals surface area (Å²) in [6, 6.07) is 22.5. The van der Waals surface area contributed by atoms with E-state index in [1.54, 1.807) is 37.4 Å². The molecule has 1 N–H and O–H groups in total. The molecular formula is C30H30N4O5S. The Bertz CT molecular complexity index is 1420. The Morgan fingerprint density at radius 1 is 1.05 bits per heavy atom. The monoisotopic (exact) mass is 558 g/mol. The quantitative estimate of drug-likeness (QED) is 0.398. The number of para-hydroxylation sites is 2. The Balaban J connectivity index is 1.31. The number of aliphatic imine (C=N–C) groups is 1. The molecule has 5 rings (SSSR count). The smallest absolute Gasteiger partial charge is 0.266 e. The van der Waals surface area contributed by atoms with E-state index >= 15 is 0 Å². The van der Waals surface area contributed by atoms with Gasteiger partial charge in [-0.3, -0.25) is 14.5 Å². The Morgan fingerprint density at radius 2 is 1.80 bits per heavy atom. The van der Waals surface area contributed by atoms with Gasteiger partial charge >= 0.3 is 0 Å². The average Bonchev–Trinajstić information content (AvgIpc) is 3.25. The number of anilines is 2. The van der Waals surface area contributed by atoms with Crippen LogP contribution in [-0.2, 0) is 14.3 Å². The number of nitrogens with zero attached hydrogens (tertiary/aromatic N) is 3. The molecule has 2 amide bonds. The van der Waals surface area contributed by atoms with Crippen LogP contribution in [0.25, 0.3) is 6.08 Å². The van der Waals surface area contributed by atoms with Gasteiger partial charge in [0.25, 0.3) is 11.8 Å². The minimum absolute atomic E-state index is 0.177. The predicted molar refractivity (Wildman–Crippen MR) is 158 cm³/mol. The summed E-state index contributed by atoms with van der Waals surface area (Å²) in [4.78, 5) is 34.6. The number of methoxy groups -OCH3 is 1. The lowest BCUT2D eigenvalue weighted by atomic mass is 10.1. The average molecular weight is 559 g/mol. The lowest BCUT2D eigenvalue weighted by molar-refractivity contribution is -0.121. The number of nitrogens with one attached hydrogen (secondary N) is 1. The molecule has 0 bridgehead atoms. The van der Waals surface area contributed by atoms with Crippen molar-refractivity contribution in [3.63, 3.8) is 0 Å². The van der Waals surface area contributed by atoms with Gasteiger partial charge in [0.2, 0.25) is 0 Å². The van der Waals surface area contributed by atoms with Crippen molar-refractivity contribution in [2.75, 3.05) is 57.3 Å². The summed E-state index contributed by atoms with van der Waals surface area (Å²) in [5, 5.41) is 3.37. The van der Waals surface area contributed by atoms with E-state index in [9.17, 15) is 9.59 Å². The van der Waals surface area contributed by atoms with Crippen LogP contribution in [0.15, 0.2) is 82.7 Å². The summed E-state index contributed by atoms with van der Waals surface area (Å²) in [6.45, 7) is 2.96. The predicted octanol–water partition coefficient (Wildman–Crippen LogP) is 4.78. The third kappa shape index (κ3) is 6.47. The maximum absolute atomic E-state index is 13.1. The molecule has 2 saturated heterocycles. The molecule has 10 heteroatoms. The van der Waals surface area contributed by atoms with E-state index in [-0.39, 0.29) is 18.4 Å². The summed E-state index contributed by atoms with van der Waals surface area (Å²) in [5.41, 5.74) is 3.18. The highest BCUT2D eigenvalue weighted by Gasteiger charge is 2.31. The normalized spacial score (nSPS) is 17.4. The van der Waals surface area contributed by atoms with Gasteiger partial charge in [-0.1, -0.05) is 30.3 Å². The Labute approximate surface area is 237 Å². The maximum Gasteiger partial charge on any atom is 0.266 e. The summed E-state index contributed by atoms with van der Waals surface area (Å²) in [6.07, 6.45) is 1.74. The SMILES string of the molecule is COc1cccc(/C=C2/SC(=Nc3ccc(N4CCOCC4)cc3)N(C)C2=O)c1OCC(=O)Nc1ccccc1. The van der Waals surface area contributed by atoms with Crippen LogP contribution in [0.3, 0.4) is 0 Å². The Morgan fingerprint density at radius 3 is 2.52 bits per heavy atom. The van der Waals surface area contributed by atoms with E-state index < -0.39 is 0 Å². The van der Waals surface area contributed by atoms with Gasteiger partial charge in [0.1, 0.15) is 0 Å². The summed E-state index contributed by atoms with van der Waals surface area (Å²) >= 11 is 1.28. The van der Waals surface area contributed by atoms with Crippen LogP contribution in [0.1, 0.15) is 5.56 Å². The molecule has 0 aromatic heterocycles. The standard InChI is InChI=1S/C30H30N4O5S/c1-33-29(36)26(40-30(33)32-23-11-13-24(14-12-23)34-15-17-38-18-16-34)19-21-7-6-10-25(37-2)28(21)39-20-27(35)31-22-8-4-3-5-9-22/h3-14,19H,15-18,20H2,1-2H3,(H,31,35)/b26-19+,32-30?. The van der Waals surface area contributed by atoms with Crippen LogP contribution in [0, 0.1) is 0 Å². The second kappa shape index (κ2) is 12.7. The molecule has 3 aromatic carbocycles. The van der Waals surface area contributed by atoms with E-state index in [2.05, 4.69) is 10.2 Å². The van der Waals surface area contributed by atoms with Crippen LogP contribution < -0.4 is 19.7 Å². The van der Waals surface area contributed by atoms with E-state index in [0.29, 0.717) is 32.8 Å². The first-order valence-corrected chi connectivity index (χ1v) is 13.7. The topological polar surface area (TPSA) is 92.7 Å². The van der Waals surface area contributed by atoms with Crippen molar-refractivity contribution in [1.29, 1.82) is 0 Å². The number of hydrogen-bond donors (Lipinski definition) is 1. The van der Waals surface area contributed by atoms with Crippen LogP contribution in [0.2, 0.25) is 0 Å². The number of ether oxygens (including phenoxy) is 3. The van der Waals surface area contributed by atoms with Crippen molar-refractivity contribution in [3.8, 4) is 11.5 Å². The molecule has 9 nitrogen and oxygen atoms in total. The van der Waals surface area contributed by atoms with Gasteiger partial charge in [-0.15, -0.1) is 0 Å². The highest BCUT2D eigenvalue weighted by Crippen LogP contribution is 2.38. The first-order chi connectivity index (χ1) is 19.5. The fourth-order valence-corrected chi connectivity index (χ4v) is 5.26. The molecule has 0 unspecified atom stereocenters. The zero-order valence-corrected chi connectivity index (χ0v) is 23.1. The first-order valence-electron chi connectivity index (χ1n) is 12.9. The van der Waals surface area contributed by atoms with E-state index in [1.807, 2.05) is 48.5 Å². The number of thioether (sulfide) groups is 1. The van der Waals surface area contributed by atoms with Crippen LogP contribution in [0.5, 0.6) is 11.5 Å². The van der Waals surface area contributed by atoms with Gasteiger partial charge in [-0.05, 0) is 60.3 Å². The molecule has 0 radical (unpaired) electrons. The third-order valence-corrected chi connectivity index (χ3v) is 7.44. The van der Waals surface area contributed by atoms with Crippen LogP contribution in [-0.4, -0.2) is 68.9 Å². The molecule has 0 atom stereocenters. The number of amidine groups is 1. The fraction of sp³-hybridized carbons (Fsp3) is 0.233. The molecule has 2 aliphatic rings. The molecule has 2 fully saturated rings. The molecule has 0 spiro atoms. The van der Waals surface area contributed by atoms with E-state index in [4.69, 9.17) is 19.2 Å². The number of hydrogen-bond acceptors (Lipinski definition) is 8. The number of morpholine rings is 1. The van der Waals surface area contributed by atoms with Crippen LogP contribution in [0.4, 0.5) is 17.1 Å². The first kappa shape index (κ1) is 27.3. The van der Waals surface area contributed by atoms with Crippen molar-refractivity contribution in [2.45, 2.75) is 0 Å². The van der Waals surface area contributed by atoms with Crippen molar-refractivity contribution >= 4 is 51.9 Å². The minimum Gasteiger partial charge on any atom is -0.493 e. The van der Waals surface area contributed by atoms with Gasteiger partial charge < -0.3 is 24.4 Å². The second-order valence-electron chi connectivity index (χ2n) is 9.07. The second-order valence-corrected chi connectivity index (χ2v) is 10.1. The van der Waals surface area contributed by atoms with Crippen molar-refractivity contribution in [2.24, 2.45) is 4.99 Å². The Kier molecular flexibility index (Phi) is 8.68. The van der Waals surface area contributed by atoms with Gasteiger partial charge in [0.15, 0.2) is 23.3 Å². The number of rotatable bonds is 8. The molecule has 2 aliphatic heterocycles. The number of benzene rings is 3. The Hall–Kier alpha value is -4.28. The minimum atomic E-state index is -0.309. The molecule has 40 heavy (non-hydrogen) atoms. The zero-order valence-electron chi connectivity index (χ0n) is 22.3. The molecule has 206 valence electrons. The third-order valence-electron chi connectivity index (χ3n) is 6.38. The van der Waals surface area contributed by atoms with E-state index in [0.717, 1.165) is 37.7 Å². The molecular weight excluding hydrogens is 528 g/mol. The molecule has 3 aromatic rings. The van der Waals surface area contributed by atoms with E-state index in [1.165, 1.54) is 23.8 Å². The lowest BCUT2D eigenvalue weighted by Crippen LogP contribution is -2.36. The van der Waals surface area contributed by atoms with Gasteiger partial charge in [-0.25, -0.2) is 4.99 Å². The van der Waals surface area contributed by atoms with Gasteiger partial charge in [0, 0.05) is 37.1 Å². The highest BCUT2D eigenvalue weighted by atomic mass is 32.2. The zero-order chi connectivity index (χ0) is 27.9. The molecule has 0 aliphatic carbocycles. The van der Waals surface area contributed by atoms with Gasteiger partial charge in [-0.2, -0.15) is 0 Å². The van der Waals surface area contributed by atoms with Crippen molar-refractivity contribution < 1.29 is 23.8 Å². The van der Waals surface area contributed by atoms with Crippen molar-refractivity contribution in [1.82, 2.24) is 4.90 Å². The largest absolute Gasteiger partial charge is 0.493 e. The number of amides is 2. The van der Waals surface area contributed by atoms with Crippen molar-refractivity contribution in [3.05, 3.63) is 83.3 Å². The molecule has 2 heterocycles. The van der Waals surface area contributed by atoms with Gasteiger partial charge in [0.05, 0.1) is 30.9 Å². The highest BCUT2D eigenvalue weighted by molar-refractivity contribution is 8.18. The maximum atomic E-state index is 13.1. The summed E-state index contributed by atoms with van der Waals surface area (Å²) in [5.74, 6) is 0.348.